The van der Waals surface area contributed by atoms with Crippen molar-refractivity contribution in [3.63, 3.8) is 0 Å². The minimum atomic E-state index is -1.39. The van der Waals surface area contributed by atoms with Crippen LogP contribution in [0.15, 0.2) is 41.3 Å². The molecular formula is C16H19N3O6. The lowest BCUT2D eigenvalue weighted by molar-refractivity contribution is -0.0550. The number of nitrogens with zero attached hydrogens (tertiary/aromatic N) is 2. The number of nitrogens with one attached hydrogen (secondary N) is 1. The van der Waals surface area contributed by atoms with Crippen LogP contribution < -0.4 is 11.2 Å². The third kappa shape index (κ3) is 3.41. The summed E-state index contributed by atoms with van der Waals surface area (Å²) in [6.07, 6.45) is -3.13. The van der Waals surface area contributed by atoms with Crippen LogP contribution in [0.1, 0.15) is 17.4 Å². The predicted octanol–water partition coefficient (Wildman–Crippen LogP) is -0.753. The van der Waals surface area contributed by atoms with Crippen molar-refractivity contribution in [3.8, 4) is 0 Å². The predicted molar refractivity (Wildman–Crippen MR) is 86.2 cm³/mol. The summed E-state index contributed by atoms with van der Waals surface area (Å²) < 4.78 is 6.42. The Morgan fingerprint density at radius 2 is 1.92 bits per heavy atom. The second-order valence-corrected chi connectivity index (χ2v) is 5.81. The van der Waals surface area contributed by atoms with Gasteiger partial charge in [0.1, 0.15) is 18.3 Å². The summed E-state index contributed by atoms with van der Waals surface area (Å²) >= 11 is 0. The molecule has 1 aliphatic heterocycles. The second kappa shape index (κ2) is 7.30. The van der Waals surface area contributed by atoms with E-state index in [0.29, 0.717) is 12.0 Å². The average molecular weight is 349 g/mol. The minimum absolute atomic E-state index is 0.00292. The number of rotatable bonds is 5. The van der Waals surface area contributed by atoms with E-state index in [0.717, 1.165) is 10.1 Å². The smallest absolute Gasteiger partial charge is 0.351 e. The van der Waals surface area contributed by atoms with Gasteiger partial charge in [0.2, 0.25) is 0 Å². The second-order valence-electron chi connectivity index (χ2n) is 5.81. The maximum Gasteiger partial charge on any atom is 0.351 e. The Morgan fingerprint density at radius 1 is 1.20 bits per heavy atom. The van der Waals surface area contributed by atoms with Gasteiger partial charge < -0.3 is 20.1 Å². The first kappa shape index (κ1) is 17.5. The van der Waals surface area contributed by atoms with Crippen LogP contribution in [0.25, 0.3) is 0 Å². The number of aliphatic hydroxyl groups excluding tert-OH is 3. The molecule has 1 aromatic heterocycles. The van der Waals surface area contributed by atoms with E-state index in [1.165, 1.54) is 6.20 Å². The normalized spacial score (nSPS) is 25.9. The SMILES string of the molecule is O=c1nc(NO)c(Cc2ccccc2)cn1[C@@H]1O[C@H](CO)C(O)C1O. The highest BCUT2D eigenvalue weighted by atomic mass is 16.6. The Bertz CT molecular complexity index is 781. The molecular weight excluding hydrogens is 330 g/mol. The molecule has 0 saturated carbocycles. The van der Waals surface area contributed by atoms with E-state index >= 15 is 0 Å². The minimum Gasteiger partial charge on any atom is -0.394 e. The molecule has 0 aliphatic carbocycles. The molecule has 9 heteroatoms. The molecule has 25 heavy (non-hydrogen) atoms. The van der Waals surface area contributed by atoms with E-state index in [2.05, 4.69) is 4.98 Å². The Morgan fingerprint density at radius 3 is 2.52 bits per heavy atom. The van der Waals surface area contributed by atoms with Gasteiger partial charge in [-0.15, -0.1) is 0 Å². The molecule has 0 radical (unpaired) electrons. The summed E-state index contributed by atoms with van der Waals surface area (Å²) in [6.45, 7) is -0.496. The zero-order valence-electron chi connectivity index (χ0n) is 13.2. The highest BCUT2D eigenvalue weighted by molar-refractivity contribution is 5.43. The lowest BCUT2D eigenvalue weighted by Crippen LogP contribution is -2.36. The highest BCUT2D eigenvalue weighted by Gasteiger charge is 2.43. The van der Waals surface area contributed by atoms with Crippen molar-refractivity contribution in [2.75, 3.05) is 12.1 Å². The van der Waals surface area contributed by atoms with Crippen LogP contribution in [0.5, 0.6) is 0 Å². The third-order valence-electron chi connectivity index (χ3n) is 4.16. The molecule has 2 aromatic rings. The summed E-state index contributed by atoms with van der Waals surface area (Å²) in [4.78, 5) is 16.0. The van der Waals surface area contributed by atoms with E-state index in [9.17, 15) is 25.3 Å². The van der Waals surface area contributed by atoms with Gasteiger partial charge in [-0.2, -0.15) is 4.98 Å². The molecule has 1 aliphatic rings. The molecule has 2 unspecified atom stereocenters. The van der Waals surface area contributed by atoms with Crippen molar-refractivity contribution in [2.45, 2.75) is 31.0 Å². The fourth-order valence-corrected chi connectivity index (χ4v) is 2.84. The number of hydrogen-bond donors (Lipinski definition) is 5. The number of hydrogen-bond acceptors (Lipinski definition) is 8. The van der Waals surface area contributed by atoms with Crippen LogP contribution in [0, 0.1) is 0 Å². The molecule has 0 bridgehead atoms. The Labute approximate surface area is 142 Å². The Hall–Kier alpha value is -2.30. The van der Waals surface area contributed by atoms with Gasteiger partial charge in [0.25, 0.3) is 0 Å². The van der Waals surface area contributed by atoms with Crippen LogP contribution >= 0.6 is 0 Å². The van der Waals surface area contributed by atoms with Crippen molar-refractivity contribution in [1.82, 2.24) is 9.55 Å². The first-order valence-electron chi connectivity index (χ1n) is 7.73. The standard InChI is InChI=1S/C16H19N3O6/c20-8-11-12(21)13(22)15(25-11)19-7-10(14(18-24)17-16(19)23)6-9-4-2-1-3-5-9/h1-5,7,11-13,15,20-22,24H,6,8H2,(H,17,18,23)/t11-,12?,13?,15-/m1/s1. The number of anilines is 1. The molecule has 0 spiro atoms. The van der Waals surface area contributed by atoms with E-state index in [-0.39, 0.29) is 5.82 Å². The molecule has 1 aromatic carbocycles. The average Bonchev–Trinajstić information content (AvgIpc) is 2.92. The van der Waals surface area contributed by atoms with Crippen molar-refractivity contribution < 1.29 is 25.3 Å². The first-order chi connectivity index (χ1) is 12.0. The van der Waals surface area contributed by atoms with Crippen LogP contribution in [-0.4, -0.2) is 55.0 Å². The van der Waals surface area contributed by atoms with Crippen molar-refractivity contribution in [3.05, 3.63) is 58.1 Å². The molecule has 1 fully saturated rings. The number of aliphatic hydroxyl groups is 3. The molecule has 1 saturated heterocycles. The van der Waals surface area contributed by atoms with Crippen molar-refractivity contribution in [1.29, 1.82) is 0 Å². The summed E-state index contributed by atoms with van der Waals surface area (Å²) in [5.41, 5.74) is 2.54. The maximum atomic E-state index is 12.2. The van der Waals surface area contributed by atoms with Crippen molar-refractivity contribution in [2.24, 2.45) is 0 Å². The zero-order chi connectivity index (χ0) is 18.0. The van der Waals surface area contributed by atoms with Gasteiger partial charge in [-0.3, -0.25) is 15.3 Å². The number of aromatic nitrogens is 2. The van der Waals surface area contributed by atoms with Gasteiger partial charge in [-0.25, -0.2) is 4.79 Å². The summed E-state index contributed by atoms with van der Waals surface area (Å²) in [5.74, 6) is -0.00292. The molecule has 9 nitrogen and oxygen atoms in total. The number of ether oxygens (including phenoxy) is 1. The summed E-state index contributed by atoms with van der Waals surface area (Å²) in [5, 5.41) is 38.4. The van der Waals surface area contributed by atoms with Gasteiger partial charge in [0.05, 0.1) is 6.61 Å². The molecule has 134 valence electrons. The zero-order valence-corrected chi connectivity index (χ0v) is 13.2. The van der Waals surface area contributed by atoms with Gasteiger partial charge in [-0.05, 0) is 5.56 Å². The highest BCUT2D eigenvalue weighted by Crippen LogP contribution is 2.29. The molecule has 2 heterocycles. The van der Waals surface area contributed by atoms with Crippen LogP contribution in [0.4, 0.5) is 5.82 Å². The first-order valence-corrected chi connectivity index (χ1v) is 7.73. The monoisotopic (exact) mass is 349 g/mol. The van der Waals surface area contributed by atoms with E-state index in [1.54, 1.807) is 0 Å². The molecule has 4 atom stereocenters. The summed E-state index contributed by atoms with van der Waals surface area (Å²) in [6, 6.07) is 9.34. The van der Waals surface area contributed by atoms with E-state index < -0.39 is 36.8 Å². The van der Waals surface area contributed by atoms with Crippen LogP contribution in [0.2, 0.25) is 0 Å². The topological polar surface area (TPSA) is 137 Å². The van der Waals surface area contributed by atoms with Gasteiger partial charge >= 0.3 is 5.69 Å². The molecule has 5 N–H and O–H groups in total. The Balaban J connectivity index is 1.98. The third-order valence-corrected chi connectivity index (χ3v) is 4.16. The maximum absolute atomic E-state index is 12.2. The fraction of sp³-hybridized carbons (Fsp3) is 0.375. The lowest BCUT2D eigenvalue weighted by atomic mass is 10.1. The van der Waals surface area contributed by atoms with Crippen LogP contribution in [-0.2, 0) is 11.2 Å². The van der Waals surface area contributed by atoms with E-state index in [1.807, 2.05) is 35.8 Å². The van der Waals surface area contributed by atoms with Gasteiger partial charge in [0.15, 0.2) is 12.0 Å². The number of benzene rings is 1. The Kier molecular flexibility index (Phi) is 5.11. The van der Waals surface area contributed by atoms with Gasteiger partial charge in [-0.1, -0.05) is 30.3 Å². The fourth-order valence-electron chi connectivity index (χ4n) is 2.84. The van der Waals surface area contributed by atoms with Crippen LogP contribution in [0.3, 0.4) is 0 Å². The molecule has 0 amide bonds. The molecule has 3 rings (SSSR count). The quantitative estimate of drug-likeness (QED) is 0.445. The van der Waals surface area contributed by atoms with Gasteiger partial charge in [0, 0.05) is 18.2 Å². The van der Waals surface area contributed by atoms with E-state index in [4.69, 9.17) is 4.74 Å². The summed E-state index contributed by atoms with van der Waals surface area (Å²) in [7, 11) is 0. The van der Waals surface area contributed by atoms with Crippen molar-refractivity contribution >= 4 is 5.82 Å². The largest absolute Gasteiger partial charge is 0.394 e. The lowest BCUT2D eigenvalue weighted by Gasteiger charge is -2.19.